The summed E-state index contributed by atoms with van der Waals surface area (Å²) < 4.78 is 50.7. The third kappa shape index (κ3) is 4.21. The number of carbonyl (C=O) groups is 1. The molecule has 0 saturated heterocycles. The molecular formula is C19H16FN3O5S2. The minimum Gasteiger partial charge on any atom is -0.454 e. The maximum atomic E-state index is 13.0. The first kappa shape index (κ1) is 20.1. The van der Waals surface area contributed by atoms with Gasteiger partial charge in [-0.3, -0.25) is 9.52 Å². The summed E-state index contributed by atoms with van der Waals surface area (Å²) in [4.78, 5) is 16.8. The monoisotopic (exact) mass is 449 g/mol. The van der Waals surface area contributed by atoms with Gasteiger partial charge in [0.2, 0.25) is 6.79 Å². The zero-order chi connectivity index (χ0) is 21.3. The first-order valence-electron chi connectivity index (χ1n) is 8.74. The standard InChI is InChI=1S/C19H16FN3O5S2/c1-11-17(18(24)21-9-12-2-7-15-16(8-12)28-10-27-15)29-19(22-11)23-30(25,26)14-5-3-13(20)4-6-14/h2-8H,9-10H2,1H3,(H,21,24)(H,22,23). The van der Waals surface area contributed by atoms with Crippen molar-refractivity contribution in [2.45, 2.75) is 18.4 Å². The molecule has 0 atom stereocenters. The van der Waals surface area contributed by atoms with Crippen LogP contribution in [0, 0.1) is 12.7 Å². The number of ether oxygens (including phenoxy) is 2. The summed E-state index contributed by atoms with van der Waals surface area (Å²) in [7, 11) is -3.95. The Kier molecular flexibility index (Phi) is 5.31. The summed E-state index contributed by atoms with van der Waals surface area (Å²) in [6.45, 7) is 2.03. The van der Waals surface area contributed by atoms with Crippen molar-refractivity contribution in [1.82, 2.24) is 10.3 Å². The molecule has 2 N–H and O–H groups in total. The van der Waals surface area contributed by atoms with Crippen LogP contribution in [-0.4, -0.2) is 26.1 Å². The van der Waals surface area contributed by atoms with Crippen LogP contribution in [0.25, 0.3) is 0 Å². The number of nitrogens with zero attached hydrogens (tertiary/aromatic N) is 1. The van der Waals surface area contributed by atoms with Crippen molar-refractivity contribution in [3.63, 3.8) is 0 Å². The average Bonchev–Trinajstić information content (AvgIpc) is 3.31. The van der Waals surface area contributed by atoms with Crippen molar-refractivity contribution in [3.05, 3.63) is 64.4 Å². The number of nitrogens with one attached hydrogen (secondary N) is 2. The minimum atomic E-state index is -3.95. The Morgan fingerprint density at radius 3 is 2.67 bits per heavy atom. The molecule has 0 unspecified atom stereocenters. The van der Waals surface area contributed by atoms with Crippen molar-refractivity contribution in [2.75, 3.05) is 11.5 Å². The second kappa shape index (κ2) is 7.92. The van der Waals surface area contributed by atoms with Crippen LogP contribution in [0.4, 0.5) is 9.52 Å². The van der Waals surface area contributed by atoms with Crippen molar-refractivity contribution in [3.8, 4) is 11.5 Å². The number of halogens is 1. The third-order valence-corrected chi connectivity index (χ3v) is 6.79. The van der Waals surface area contributed by atoms with Gasteiger partial charge in [0.25, 0.3) is 15.9 Å². The van der Waals surface area contributed by atoms with Gasteiger partial charge < -0.3 is 14.8 Å². The lowest BCUT2D eigenvalue weighted by Gasteiger charge is -2.05. The van der Waals surface area contributed by atoms with Gasteiger partial charge in [0, 0.05) is 6.54 Å². The van der Waals surface area contributed by atoms with Crippen LogP contribution in [0.15, 0.2) is 47.4 Å². The number of thiazole rings is 1. The fourth-order valence-corrected chi connectivity index (χ4v) is 4.87. The molecule has 0 aliphatic carbocycles. The lowest BCUT2D eigenvalue weighted by atomic mass is 10.2. The molecule has 8 nitrogen and oxygen atoms in total. The molecule has 1 aromatic heterocycles. The Morgan fingerprint density at radius 1 is 1.17 bits per heavy atom. The molecular weight excluding hydrogens is 433 g/mol. The van der Waals surface area contributed by atoms with Crippen LogP contribution >= 0.6 is 11.3 Å². The number of hydrogen-bond acceptors (Lipinski definition) is 7. The molecule has 0 spiro atoms. The number of anilines is 1. The van der Waals surface area contributed by atoms with Crippen LogP contribution in [0.1, 0.15) is 20.9 Å². The topological polar surface area (TPSA) is 107 Å². The number of hydrogen-bond donors (Lipinski definition) is 2. The van der Waals surface area contributed by atoms with E-state index in [1.165, 1.54) is 0 Å². The molecule has 1 aliphatic heterocycles. The molecule has 0 bridgehead atoms. The first-order valence-corrected chi connectivity index (χ1v) is 11.0. The zero-order valence-corrected chi connectivity index (χ0v) is 17.3. The Hall–Kier alpha value is -3.18. The van der Waals surface area contributed by atoms with Crippen LogP contribution in [-0.2, 0) is 16.6 Å². The largest absolute Gasteiger partial charge is 0.454 e. The third-order valence-electron chi connectivity index (χ3n) is 4.24. The van der Waals surface area contributed by atoms with Crippen molar-refractivity contribution in [2.24, 2.45) is 0 Å². The molecule has 0 fully saturated rings. The summed E-state index contributed by atoms with van der Waals surface area (Å²) in [5, 5.41) is 2.82. The Morgan fingerprint density at radius 2 is 1.90 bits per heavy atom. The second-order valence-electron chi connectivity index (χ2n) is 6.36. The zero-order valence-electron chi connectivity index (χ0n) is 15.6. The van der Waals surface area contributed by atoms with E-state index in [0.29, 0.717) is 17.2 Å². The highest BCUT2D eigenvalue weighted by atomic mass is 32.2. The van der Waals surface area contributed by atoms with Crippen LogP contribution in [0.5, 0.6) is 11.5 Å². The Bertz CT molecular complexity index is 1210. The van der Waals surface area contributed by atoms with Crippen LogP contribution in [0.2, 0.25) is 0 Å². The summed E-state index contributed by atoms with van der Waals surface area (Å²) >= 11 is 0.915. The van der Waals surface area contributed by atoms with E-state index in [1.807, 2.05) is 6.07 Å². The second-order valence-corrected chi connectivity index (χ2v) is 9.04. The SMILES string of the molecule is Cc1nc(NS(=O)(=O)c2ccc(F)cc2)sc1C(=O)NCc1ccc2c(c1)OCO2. The van der Waals surface area contributed by atoms with Crippen LogP contribution in [0.3, 0.4) is 0 Å². The minimum absolute atomic E-state index is 0.0463. The molecule has 11 heteroatoms. The number of amides is 1. The molecule has 2 heterocycles. The van der Waals surface area contributed by atoms with Gasteiger partial charge in [-0.2, -0.15) is 0 Å². The number of carbonyl (C=O) groups excluding carboxylic acids is 1. The van der Waals surface area contributed by atoms with Gasteiger partial charge in [-0.15, -0.1) is 0 Å². The Labute approximate surface area is 175 Å². The van der Waals surface area contributed by atoms with E-state index in [0.717, 1.165) is 41.2 Å². The molecule has 4 rings (SSSR count). The molecule has 0 radical (unpaired) electrons. The highest BCUT2D eigenvalue weighted by molar-refractivity contribution is 7.93. The predicted molar refractivity (Wildman–Crippen MR) is 108 cm³/mol. The van der Waals surface area contributed by atoms with Gasteiger partial charge in [-0.1, -0.05) is 17.4 Å². The van der Waals surface area contributed by atoms with Gasteiger partial charge in [-0.05, 0) is 48.9 Å². The normalized spacial score (nSPS) is 12.6. The molecule has 0 saturated carbocycles. The number of fused-ring (bicyclic) bond motifs is 1. The number of aromatic nitrogens is 1. The van der Waals surface area contributed by atoms with Crippen molar-refractivity contribution < 1.29 is 27.1 Å². The van der Waals surface area contributed by atoms with Gasteiger partial charge in [0.15, 0.2) is 16.6 Å². The molecule has 2 aromatic carbocycles. The van der Waals surface area contributed by atoms with Crippen molar-refractivity contribution in [1.29, 1.82) is 0 Å². The van der Waals surface area contributed by atoms with Crippen molar-refractivity contribution >= 4 is 32.4 Å². The maximum Gasteiger partial charge on any atom is 0.263 e. The fourth-order valence-electron chi connectivity index (χ4n) is 2.75. The quantitative estimate of drug-likeness (QED) is 0.599. The highest BCUT2D eigenvalue weighted by Gasteiger charge is 2.21. The van der Waals surface area contributed by atoms with Crippen LogP contribution < -0.4 is 19.5 Å². The molecule has 156 valence electrons. The predicted octanol–water partition coefficient (Wildman–Crippen LogP) is 3.05. The summed E-state index contributed by atoms with van der Waals surface area (Å²) in [5.74, 6) is 0.352. The van der Waals surface area contributed by atoms with E-state index in [4.69, 9.17) is 9.47 Å². The number of benzene rings is 2. The van der Waals surface area contributed by atoms with E-state index in [-0.39, 0.29) is 34.1 Å². The number of rotatable bonds is 6. The van der Waals surface area contributed by atoms with Gasteiger partial charge in [0.1, 0.15) is 10.7 Å². The maximum absolute atomic E-state index is 13.0. The number of aryl methyl sites for hydroxylation is 1. The van der Waals surface area contributed by atoms with Gasteiger partial charge in [0.05, 0.1) is 10.6 Å². The van der Waals surface area contributed by atoms with E-state index in [1.54, 1.807) is 19.1 Å². The van der Waals surface area contributed by atoms with E-state index >= 15 is 0 Å². The first-order chi connectivity index (χ1) is 14.3. The highest BCUT2D eigenvalue weighted by Crippen LogP contribution is 2.32. The number of sulfonamides is 1. The van der Waals surface area contributed by atoms with Gasteiger partial charge >= 0.3 is 0 Å². The molecule has 1 aliphatic rings. The molecule has 30 heavy (non-hydrogen) atoms. The fraction of sp³-hybridized carbons (Fsp3) is 0.158. The smallest absolute Gasteiger partial charge is 0.263 e. The molecule has 3 aromatic rings. The lowest BCUT2D eigenvalue weighted by Crippen LogP contribution is -2.22. The van der Waals surface area contributed by atoms with E-state index in [2.05, 4.69) is 15.0 Å². The summed E-state index contributed by atoms with van der Waals surface area (Å²) in [5.41, 5.74) is 1.21. The van der Waals surface area contributed by atoms with E-state index < -0.39 is 15.8 Å². The van der Waals surface area contributed by atoms with Gasteiger partial charge in [-0.25, -0.2) is 17.8 Å². The Balaban J connectivity index is 1.44. The average molecular weight is 449 g/mol. The summed E-state index contributed by atoms with van der Waals surface area (Å²) in [6.07, 6.45) is 0. The lowest BCUT2D eigenvalue weighted by molar-refractivity contribution is 0.0954. The van der Waals surface area contributed by atoms with E-state index in [9.17, 15) is 17.6 Å². The summed E-state index contributed by atoms with van der Waals surface area (Å²) in [6, 6.07) is 9.77. The molecule has 1 amide bonds.